The number of amides is 17. The second-order valence-electron chi connectivity index (χ2n) is 35.3. The van der Waals surface area contributed by atoms with E-state index in [-0.39, 0.29) is 96.2 Å². The summed E-state index contributed by atoms with van der Waals surface area (Å²) >= 11 is 0.782. The number of unbranched alkanes of at least 4 members (excludes halogenated alkanes) is 2. The molecule has 0 radical (unpaired) electrons. The summed E-state index contributed by atoms with van der Waals surface area (Å²) in [5, 5.41) is 61.1. The first-order valence-electron chi connectivity index (χ1n) is 46.1. The molecule has 3 saturated heterocycles. The van der Waals surface area contributed by atoms with Crippen LogP contribution >= 0.6 is 11.8 Å². The van der Waals surface area contributed by atoms with Gasteiger partial charge in [-0.25, -0.2) is 4.98 Å². The molecule has 1 unspecified atom stereocenters. The third kappa shape index (κ3) is 30.0. The van der Waals surface area contributed by atoms with Gasteiger partial charge in [0.1, 0.15) is 84.6 Å². The number of aliphatic hydroxyl groups excluding tert-OH is 2. The number of carbonyl (C=O) groups excluding carboxylic acids is 17. The Morgan fingerprint density at radius 3 is 1.67 bits per heavy atom. The molecule has 45 heteroatoms. The van der Waals surface area contributed by atoms with Crippen LogP contribution in [0.3, 0.4) is 0 Å². The number of benzene rings is 3. The smallest absolute Gasteiger partial charge is 0.246 e. The van der Waals surface area contributed by atoms with Gasteiger partial charge in [0.25, 0.3) is 0 Å². The summed E-state index contributed by atoms with van der Waals surface area (Å²) in [5.41, 5.74) is 26.6. The Balaban J connectivity index is 1.10. The van der Waals surface area contributed by atoms with Crippen LogP contribution in [0.25, 0.3) is 21.8 Å². The molecule has 0 aliphatic carbocycles. The molecule has 3 aromatic carbocycles. The molecule has 6 heterocycles. The van der Waals surface area contributed by atoms with Crippen LogP contribution in [-0.2, 0) is 114 Å². The van der Waals surface area contributed by atoms with Crippen LogP contribution < -0.4 is 81.4 Å². The van der Waals surface area contributed by atoms with E-state index in [1.165, 1.54) is 40.6 Å². The number of rotatable bonds is 27. The lowest BCUT2D eigenvalue weighted by Crippen LogP contribution is -2.62. The van der Waals surface area contributed by atoms with Crippen molar-refractivity contribution in [3.05, 3.63) is 126 Å². The summed E-state index contributed by atoms with van der Waals surface area (Å²) in [4.78, 5) is 270. The zero-order chi connectivity index (χ0) is 100. The maximum absolute atomic E-state index is 15.8. The average molecular weight is 1920 g/mol. The molecule has 3 aliphatic heterocycles. The number of carbonyl (C=O) groups is 17. The number of imidazole rings is 1. The molecule has 744 valence electrons. The van der Waals surface area contributed by atoms with Gasteiger partial charge in [-0.3, -0.25) is 86.9 Å². The van der Waals surface area contributed by atoms with Gasteiger partial charge in [0.05, 0.1) is 37.8 Å². The Kier molecular flexibility index (Phi) is 40.2. The first-order chi connectivity index (χ1) is 65.3. The van der Waals surface area contributed by atoms with E-state index in [0.717, 1.165) is 41.8 Å². The van der Waals surface area contributed by atoms with Crippen LogP contribution in [0.15, 0.2) is 97.7 Å². The van der Waals surface area contributed by atoms with Gasteiger partial charge in [-0.15, -0.1) is 11.8 Å². The molecule has 15 atom stereocenters. The summed E-state index contributed by atoms with van der Waals surface area (Å²) in [5.74, 6) is -17.7. The van der Waals surface area contributed by atoms with Crippen LogP contribution in [-0.4, -0.2) is 317 Å². The van der Waals surface area contributed by atoms with E-state index in [1.807, 2.05) is 13.8 Å². The highest BCUT2D eigenvalue weighted by Crippen LogP contribution is 2.28. The third-order valence-electron chi connectivity index (χ3n) is 24.6. The van der Waals surface area contributed by atoms with E-state index < -0.39 is 241 Å². The van der Waals surface area contributed by atoms with Crippen molar-refractivity contribution < 1.29 is 91.7 Å². The van der Waals surface area contributed by atoms with Crippen molar-refractivity contribution in [3.8, 4) is 0 Å². The number of primary amides is 2. The maximum Gasteiger partial charge on any atom is 0.246 e. The van der Waals surface area contributed by atoms with Gasteiger partial charge in [-0.2, -0.15) is 0 Å². The molecule has 3 aliphatic rings. The molecule has 3 aromatic heterocycles. The van der Waals surface area contributed by atoms with Crippen molar-refractivity contribution in [1.29, 1.82) is 5.41 Å². The van der Waals surface area contributed by atoms with Gasteiger partial charge in [-0.05, 0) is 92.2 Å². The van der Waals surface area contributed by atoms with Crippen molar-refractivity contribution in [2.75, 3.05) is 65.4 Å². The number of likely N-dealkylation sites (N-methyl/N-ethyl adjacent to an activating group) is 3. The van der Waals surface area contributed by atoms with E-state index in [9.17, 15) is 53.4 Å². The second-order valence-corrected chi connectivity index (χ2v) is 36.4. The molecular weight excluding hydrogens is 1790 g/mol. The number of H-pyrrole nitrogens is 3. The molecule has 25 N–H and O–H groups in total. The number of nitrogens with one attached hydrogen (secondary N) is 15. The molecule has 0 spiro atoms. The molecule has 137 heavy (non-hydrogen) atoms. The number of nitrogens with zero attached hydrogens (tertiary/aromatic N) is 6. The summed E-state index contributed by atoms with van der Waals surface area (Å²) < 4.78 is 0. The van der Waals surface area contributed by atoms with Gasteiger partial charge in [0.15, 0.2) is 5.96 Å². The third-order valence-corrected chi connectivity index (χ3v) is 25.7. The van der Waals surface area contributed by atoms with Gasteiger partial charge < -0.3 is 131 Å². The number of aliphatic hydroxyl groups is 2. The average Bonchev–Trinajstić information content (AvgIpc) is 1.80. The molecule has 17 amide bonds. The molecule has 9 rings (SSSR count). The van der Waals surface area contributed by atoms with Crippen LogP contribution in [0.1, 0.15) is 146 Å². The minimum Gasteiger partial charge on any atom is -0.394 e. The van der Waals surface area contributed by atoms with Crippen LogP contribution in [0.5, 0.6) is 0 Å². The topological polar surface area (TPSA) is 667 Å². The Bertz CT molecular complexity index is 5270. The maximum atomic E-state index is 15.8. The number of nitrogens with two attached hydrogens (primary N) is 4. The summed E-state index contributed by atoms with van der Waals surface area (Å²) in [7, 11) is 3.94. The number of fused-ring (bicyclic) bond motifs is 4. The van der Waals surface area contributed by atoms with Gasteiger partial charge in [0, 0.05) is 131 Å². The molecule has 44 nitrogen and oxygen atoms in total. The quantitative estimate of drug-likeness (QED) is 0.0137. The van der Waals surface area contributed by atoms with E-state index in [0.29, 0.717) is 69.9 Å². The van der Waals surface area contributed by atoms with Crippen molar-refractivity contribution in [3.63, 3.8) is 0 Å². The Hall–Kier alpha value is -13.6. The molecule has 0 bridgehead atoms. The number of aromatic nitrogens is 4. The number of para-hydroxylation sites is 2. The normalized spacial score (nSPS) is 24.6. The monoisotopic (exact) mass is 1920 g/mol. The predicted octanol–water partition coefficient (Wildman–Crippen LogP) is -3.18. The summed E-state index contributed by atoms with van der Waals surface area (Å²) in [6.07, 6.45) is 3.81. The predicted molar refractivity (Wildman–Crippen MR) is 506 cm³/mol. The molecular formula is C92H131N25O19S. The number of hydrogen-bond acceptors (Lipinski definition) is 23. The summed E-state index contributed by atoms with van der Waals surface area (Å²) in [6.45, 7) is 6.22. The first kappa shape index (κ1) is 107. The van der Waals surface area contributed by atoms with Crippen molar-refractivity contribution in [2.45, 2.75) is 241 Å². The fourth-order valence-electron chi connectivity index (χ4n) is 17.0. The molecule has 0 saturated carbocycles. The van der Waals surface area contributed by atoms with E-state index in [1.54, 1.807) is 99.0 Å². The van der Waals surface area contributed by atoms with Gasteiger partial charge in [0.2, 0.25) is 100 Å². The highest BCUT2D eigenvalue weighted by Gasteiger charge is 2.47. The van der Waals surface area contributed by atoms with Crippen molar-refractivity contribution in [1.82, 2.24) is 103 Å². The highest BCUT2D eigenvalue weighted by atomic mass is 32.2. The van der Waals surface area contributed by atoms with E-state index in [2.05, 4.69) is 78.4 Å². The highest BCUT2D eigenvalue weighted by molar-refractivity contribution is 8.00. The van der Waals surface area contributed by atoms with E-state index in [4.69, 9.17) is 28.3 Å². The lowest BCUT2D eigenvalue weighted by molar-refractivity contribution is -0.149. The lowest BCUT2D eigenvalue weighted by Gasteiger charge is -2.36. The molecule has 6 aromatic rings. The van der Waals surface area contributed by atoms with Gasteiger partial charge in [-0.1, -0.05) is 114 Å². The van der Waals surface area contributed by atoms with Crippen LogP contribution in [0.4, 0.5) is 0 Å². The molecule has 3 fully saturated rings. The zero-order valence-corrected chi connectivity index (χ0v) is 79.2. The second kappa shape index (κ2) is 51.4. The standard InChI is InChI=1S/C92H131N25O19S/c1-9-11-24-71-84(129)105-62(23-17-31-99-92(96)97)80(125)112-70(79(124)102-44-76(95)121)47-137-48-77(122)104-66(34-52-27-29-53(40-93)30-28-52)87(132)113(6)51(5)78(123)108-68(39-75(94)120)89(134)116-32-18-26-72(116)85(130)107-64(37-56-43-98-49-103-56)82(127)109-65(33-50(3)4)90(135)117-45-57(119)38-74(117)86(131)106-63(35-54-41-100-60-21-15-13-19-58(54)60)81(126)111-69(46-118)83(128)110-67(36-55-42-101-61-22-16-14-20-59(55)61)88(133)115(8)73(25-12-10-2)91(136)114(71)7/h13-16,19-22,27-30,41-43,49-51,57,62-74,100-101,118-119H,9-12,17-18,23-26,31-40,44-48,93H2,1-8H3,(H2,94,120)(H2,95,121)(H,98,103)(H,102,124)(H,104,122)(H,105,129)(H,106,131)(H,107,130)(H,108,123)(H,109,127)(H,110,128)(H,111,126)(H,112,125)(H4,96,97,99)/t51-,57+,62-,63-,64-,65-,66-,67-,68-,69-,70-,71-,72-,73-,74?/m0/s1. The Morgan fingerprint density at radius 2 is 1.08 bits per heavy atom. The zero-order valence-electron chi connectivity index (χ0n) is 78.4. The van der Waals surface area contributed by atoms with Crippen molar-refractivity contribution >= 4 is 140 Å². The number of thioether (sulfide) groups is 1. The van der Waals surface area contributed by atoms with Crippen LogP contribution in [0, 0.1) is 11.3 Å². The van der Waals surface area contributed by atoms with Gasteiger partial charge >= 0.3 is 0 Å². The first-order valence-corrected chi connectivity index (χ1v) is 47.3. The van der Waals surface area contributed by atoms with Crippen molar-refractivity contribution in [2.24, 2.45) is 28.9 Å². The lowest BCUT2D eigenvalue weighted by atomic mass is 10.00. The minimum atomic E-state index is -1.89. The van der Waals surface area contributed by atoms with Crippen LogP contribution in [0.2, 0.25) is 0 Å². The fourth-order valence-corrected chi connectivity index (χ4v) is 17.8. The summed E-state index contributed by atoms with van der Waals surface area (Å²) in [6, 6.07) is -0.967. The number of hydrogen-bond donors (Lipinski definition) is 21. The van der Waals surface area contributed by atoms with E-state index >= 15 is 38.4 Å². The largest absolute Gasteiger partial charge is 0.394 e. The fraction of sp³-hybridized carbons (Fsp3) is 0.533. The Morgan fingerprint density at radius 1 is 0.547 bits per heavy atom. The number of aromatic amines is 3. The SMILES string of the molecule is CCCC[C@H]1C(=O)N(C)[C@@H](CCCC)C(=O)N[C@@H](CCCNC(=N)N)C(=O)N[C@H](C(=O)NCC(N)=O)CSCC(=O)N[C@@H](Cc2ccc(CN)cc2)C(=O)N(C)[C@@H](C)C(=O)N[C@@H](CC(N)=O)C(=O)N2CCC[C@H]2C(=O)N[C@@H](Cc2cnc[nH]2)C(=O)N[C@@H](CC(C)C)C(=O)N2C[C@H](O)CC2C(=O)N[C@@H](Cc2c[nH]c3ccccc23)C(=O)N[C@@H](CO)C(=O)N[C@@H](Cc2c[nH]c3ccccc23)C(=O)N1C. The number of guanidine groups is 1. The Labute approximate surface area is 797 Å². The minimum absolute atomic E-state index is 0.00898.